The lowest BCUT2D eigenvalue weighted by molar-refractivity contribution is -0.131. The van der Waals surface area contributed by atoms with E-state index in [1.54, 1.807) is 17.0 Å². The van der Waals surface area contributed by atoms with Gasteiger partial charge in [0.15, 0.2) is 5.82 Å². The standard InChI is InChI=1S/C26H29N5O4S/c1-3-15-31(36(33,34)23-11-9-22(35-2)10-12-23)20-26(32)30-18-16-29(17-19-30)25-14-13-24(27-28-25)21-7-5-4-6-8-21/h3-14H,1,15-20H2,2H3. The highest BCUT2D eigenvalue weighted by atomic mass is 32.2. The molecule has 0 bridgehead atoms. The van der Waals surface area contributed by atoms with Crippen LogP contribution in [-0.2, 0) is 14.8 Å². The second-order valence-corrected chi connectivity index (χ2v) is 10.2. The smallest absolute Gasteiger partial charge is 0.243 e. The lowest BCUT2D eigenvalue weighted by atomic mass is 10.1. The van der Waals surface area contributed by atoms with Crippen LogP contribution in [0, 0.1) is 0 Å². The Balaban J connectivity index is 1.37. The molecular formula is C26H29N5O4S. The van der Waals surface area contributed by atoms with E-state index in [0.29, 0.717) is 31.9 Å². The number of carbonyl (C=O) groups excluding carboxylic acids is 1. The number of carbonyl (C=O) groups is 1. The molecular weight excluding hydrogens is 478 g/mol. The number of sulfonamides is 1. The maximum atomic E-state index is 13.2. The van der Waals surface area contributed by atoms with E-state index >= 15 is 0 Å². The molecule has 10 heteroatoms. The minimum atomic E-state index is -3.87. The highest BCUT2D eigenvalue weighted by Crippen LogP contribution is 2.21. The molecule has 4 rings (SSSR count). The predicted octanol–water partition coefficient (Wildman–Crippen LogP) is 2.68. The van der Waals surface area contributed by atoms with Crippen LogP contribution in [0.1, 0.15) is 0 Å². The molecule has 36 heavy (non-hydrogen) atoms. The molecule has 9 nitrogen and oxygen atoms in total. The van der Waals surface area contributed by atoms with Crippen molar-refractivity contribution in [2.45, 2.75) is 4.90 Å². The average molecular weight is 508 g/mol. The van der Waals surface area contributed by atoms with Crippen LogP contribution in [0.25, 0.3) is 11.3 Å². The maximum Gasteiger partial charge on any atom is 0.243 e. The molecule has 0 atom stereocenters. The number of amides is 1. The highest BCUT2D eigenvalue weighted by molar-refractivity contribution is 7.89. The summed E-state index contributed by atoms with van der Waals surface area (Å²) in [6.45, 7) is 5.52. The van der Waals surface area contributed by atoms with Crippen LogP contribution in [0.3, 0.4) is 0 Å². The van der Waals surface area contributed by atoms with Gasteiger partial charge in [-0.1, -0.05) is 36.4 Å². The molecule has 1 aromatic heterocycles. The van der Waals surface area contributed by atoms with Crippen molar-refractivity contribution < 1.29 is 17.9 Å². The van der Waals surface area contributed by atoms with Gasteiger partial charge in [-0.3, -0.25) is 4.79 Å². The van der Waals surface area contributed by atoms with Gasteiger partial charge < -0.3 is 14.5 Å². The third kappa shape index (κ3) is 5.72. The van der Waals surface area contributed by atoms with Gasteiger partial charge in [-0.25, -0.2) is 8.42 Å². The van der Waals surface area contributed by atoms with Crippen LogP contribution in [0.5, 0.6) is 5.75 Å². The van der Waals surface area contributed by atoms with Gasteiger partial charge in [0.25, 0.3) is 0 Å². The Morgan fingerprint density at radius 2 is 1.69 bits per heavy atom. The first-order chi connectivity index (χ1) is 17.4. The van der Waals surface area contributed by atoms with Crippen LogP contribution in [0.2, 0.25) is 0 Å². The number of nitrogens with zero attached hydrogens (tertiary/aromatic N) is 5. The zero-order valence-electron chi connectivity index (χ0n) is 20.2. The number of benzene rings is 2. The lowest BCUT2D eigenvalue weighted by Gasteiger charge is -2.36. The summed E-state index contributed by atoms with van der Waals surface area (Å²) in [6.07, 6.45) is 1.48. The van der Waals surface area contributed by atoms with Crippen molar-refractivity contribution >= 4 is 21.7 Å². The first kappa shape index (κ1) is 25.3. The first-order valence-electron chi connectivity index (χ1n) is 11.6. The number of hydrogen-bond acceptors (Lipinski definition) is 7. The number of methoxy groups -OCH3 is 1. The average Bonchev–Trinajstić information content (AvgIpc) is 2.93. The van der Waals surface area contributed by atoms with Crippen molar-refractivity contribution in [2.24, 2.45) is 0 Å². The zero-order valence-corrected chi connectivity index (χ0v) is 21.0. The van der Waals surface area contributed by atoms with Crippen LogP contribution >= 0.6 is 0 Å². The van der Waals surface area contributed by atoms with Crippen molar-refractivity contribution in [1.82, 2.24) is 19.4 Å². The van der Waals surface area contributed by atoms with Crippen molar-refractivity contribution in [2.75, 3.05) is 51.3 Å². The molecule has 0 saturated carbocycles. The summed E-state index contributed by atoms with van der Waals surface area (Å²) in [4.78, 5) is 16.9. The van der Waals surface area contributed by atoms with Gasteiger partial charge in [0.05, 0.1) is 24.2 Å². The fourth-order valence-electron chi connectivity index (χ4n) is 3.98. The fourth-order valence-corrected chi connectivity index (χ4v) is 5.34. The summed E-state index contributed by atoms with van der Waals surface area (Å²) in [5.41, 5.74) is 1.80. The Bertz CT molecular complexity index is 1270. The highest BCUT2D eigenvalue weighted by Gasteiger charge is 2.29. The van der Waals surface area contributed by atoms with E-state index in [1.807, 2.05) is 42.5 Å². The fraction of sp³-hybridized carbons (Fsp3) is 0.269. The van der Waals surface area contributed by atoms with E-state index < -0.39 is 10.0 Å². The summed E-state index contributed by atoms with van der Waals surface area (Å²) in [5.74, 6) is 1.05. The van der Waals surface area contributed by atoms with Gasteiger partial charge in [0.2, 0.25) is 15.9 Å². The molecule has 1 amide bonds. The van der Waals surface area contributed by atoms with Gasteiger partial charge in [-0.05, 0) is 36.4 Å². The minimum absolute atomic E-state index is 0.0312. The van der Waals surface area contributed by atoms with Crippen LogP contribution in [0.4, 0.5) is 5.82 Å². The molecule has 2 aromatic carbocycles. The van der Waals surface area contributed by atoms with E-state index in [-0.39, 0.29) is 23.9 Å². The van der Waals surface area contributed by atoms with E-state index in [0.717, 1.165) is 21.4 Å². The molecule has 3 aromatic rings. The summed E-state index contributed by atoms with van der Waals surface area (Å²) in [7, 11) is -2.36. The van der Waals surface area contributed by atoms with E-state index in [2.05, 4.69) is 21.7 Å². The van der Waals surface area contributed by atoms with E-state index in [1.165, 1.54) is 25.3 Å². The van der Waals surface area contributed by atoms with Crippen molar-refractivity contribution in [3.63, 3.8) is 0 Å². The second kappa shape index (κ2) is 11.3. The Kier molecular flexibility index (Phi) is 7.97. The molecule has 1 saturated heterocycles. The van der Waals surface area contributed by atoms with Crippen LogP contribution < -0.4 is 9.64 Å². The SMILES string of the molecule is C=CCN(CC(=O)N1CCN(c2ccc(-c3ccccc3)nn2)CC1)S(=O)(=O)c1ccc(OC)cc1. The van der Waals surface area contributed by atoms with E-state index in [9.17, 15) is 13.2 Å². The summed E-state index contributed by atoms with van der Waals surface area (Å²) in [5, 5.41) is 8.71. The largest absolute Gasteiger partial charge is 0.497 e. The Morgan fingerprint density at radius 3 is 2.28 bits per heavy atom. The number of rotatable bonds is 9. The van der Waals surface area contributed by atoms with Gasteiger partial charge in [-0.15, -0.1) is 16.8 Å². The van der Waals surface area contributed by atoms with Crippen molar-refractivity contribution in [3.8, 4) is 17.0 Å². The molecule has 0 aliphatic carbocycles. The van der Waals surface area contributed by atoms with E-state index in [4.69, 9.17) is 4.74 Å². The summed E-state index contributed by atoms with van der Waals surface area (Å²) in [6, 6.07) is 19.8. The zero-order chi connectivity index (χ0) is 25.5. The summed E-state index contributed by atoms with van der Waals surface area (Å²) < 4.78 is 32.5. The van der Waals surface area contributed by atoms with Crippen LogP contribution in [-0.4, -0.2) is 80.1 Å². The number of hydrogen-bond donors (Lipinski definition) is 0. The molecule has 1 aliphatic heterocycles. The Morgan fingerprint density at radius 1 is 1.00 bits per heavy atom. The summed E-state index contributed by atoms with van der Waals surface area (Å²) >= 11 is 0. The quantitative estimate of drug-likeness (QED) is 0.411. The van der Waals surface area contributed by atoms with Gasteiger partial charge in [-0.2, -0.15) is 4.31 Å². The minimum Gasteiger partial charge on any atom is -0.497 e. The van der Waals surface area contributed by atoms with Crippen LogP contribution in [0.15, 0.2) is 84.3 Å². The maximum absolute atomic E-state index is 13.2. The monoisotopic (exact) mass is 507 g/mol. The molecule has 0 radical (unpaired) electrons. The molecule has 0 unspecified atom stereocenters. The normalized spacial score (nSPS) is 14.1. The number of piperazine rings is 1. The van der Waals surface area contributed by atoms with Gasteiger partial charge in [0, 0.05) is 38.3 Å². The third-order valence-electron chi connectivity index (χ3n) is 6.02. The molecule has 0 N–H and O–H groups in total. The number of anilines is 1. The van der Waals surface area contributed by atoms with Crippen molar-refractivity contribution in [3.05, 3.63) is 79.4 Å². The molecule has 188 valence electrons. The lowest BCUT2D eigenvalue weighted by Crippen LogP contribution is -2.52. The van der Waals surface area contributed by atoms with Crippen molar-refractivity contribution in [1.29, 1.82) is 0 Å². The third-order valence-corrected chi connectivity index (χ3v) is 7.84. The molecule has 1 fully saturated rings. The molecule has 0 spiro atoms. The predicted molar refractivity (Wildman–Crippen MR) is 138 cm³/mol. The Hall–Kier alpha value is -3.76. The topological polar surface area (TPSA) is 95.9 Å². The molecule has 1 aliphatic rings. The van der Waals surface area contributed by atoms with Gasteiger partial charge >= 0.3 is 0 Å². The first-order valence-corrected chi connectivity index (χ1v) is 13.0. The van der Waals surface area contributed by atoms with Gasteiger partial charge in [0.1, 0.15) is 5.75 Å². The Labute approximate surface area is 211 Å². The number of ether oxygens (including phenoxy) is 1. The molecule has 2 heterocycles. The second-order valence-electron chi connectivity index (χ2n) is 8.27. The number of aromatic nitrogens is 2.